The van der Waals surface area contributed by atoms with Crippen LogP contribution >= 0.6 is 23.2 Å². The molecule has 0 aliphatic rings. The van der Waals surface area contributed by atoms with Crippen LogP contribution in [0.1, 0.15) is 0 Å². The first-order chi connectivity index (χ1) is 6.59. The smallest absolute Gasteiger partial charge is 0.125 e. The Bertz CT molecular complexity index is 514. The zero-order chi connectivity index (χ0) is 10.3. The molecular formula is C9H5Cl2FN2. The molecule has 0 fully saturated rings. The Hall–Kier alpha value is -1.06. The van der Waals surface area contributed by atoms with Gasteiger partial charge in [-0.1, -0.05) is 23.2 Å². The Morgan fingerprint density at radius 2 is 2.00 bits per heavy atom. The number of rotatable bonds is 0. The molecule has 14 heavy (non-hydrogen) atoms. The molecule has 1 aromatic heterocycles. The summed E-state index contributed by atoms with van der Waals surface area (Å²) in [6, 6.07) is 2.44. The van der Waals surface area contributed by atoms with Crippen molar-refractivity contribution in [1.29, 1.82) is 0 Å². The van der Waals surface area contributed by atoms with E-state index in [1.165, 1.54) is 18.3 Å². The summed E-state index contributed by atoms with van der Waals surface area (Å²) in [7, 11) is 0. The third kappa shape index (κ3) is 1.38. The van der Waals surface area contributed by atoms with E-state index in [9.17, 15) is 4.39 Å². The predicted molar refractivity (Wildman–Crippen MR) is 56.1 cm³/mol. The zero-order valence-electron chi connectivity index (χ0n) is 6.89. The summed E-state index contributed by atoms with van der Waals surface area (Å²) >= 11 is 11.7. The van der Waals surface area contributed by atoms with Crippen LogP contribution in [0, 0.1) is 5.82 Å². The molecule has 2 aromatic rings. The van der Waals surface area contributed by atoms with Gasteiger partial charge in [-0.2, -0.15) is 0 Å². The molecule has 0 aliphatic carbocycles. The molecule has 0 amide bonds. The lowest BCUT2D eigenvalue weighted by Gasteiger charge is -2.04. The van der Waals surface area contributed by atoms with E-state index in [0.29, 0.717) is 16.6 Å². The van der Waals surface area contributed by atoms with Crippen LogP contribution in [0.5, 0.6) is 0 Å². The summed E-state index contributed by atoms with van der Waals surface area (Å²) in [6.07, 6.45) is 1.40. The van der Waals surface area contributed by atoms with Gasteiger partial charge in [0.05, 0.1) is 27.4 Å². The largest absolute Gasteiger partial charge is 0.396 e. The number of pyridine rings is 1. The molecular weight excluding hydrogens is 226 g/mol. The van der Waals surface area contributed by atoms with Gasteiger partial charge >= 0.3 is 0 Å². The topological polar surface area (TPSA) is 38.9 Å². The van der Waals surface area contributed by atoms with Crippen LogP contribution < -0.4 is 5.73 Å². The molecule has 2 rings (SSSR count). The van der Waals surface area contributed by atoms with Crippen molar-refractivity contribution in [1.82, 2.24) is 4.98 Å². The number of nitrogens with two attached hydrogens (primary N) is 1. The highest BCUT2D eigenvalue weighted by Crippen LogP contribution is 2.31. The third-order valence-corrected chi connectivity index (χ3v) is 2.56. The minimum Gasteiger partial charge on any atom is -0.396 e. The van der Waals surface area contributed by atoms with Gasteiger partial charge in [0.1, 0.15) is 5.82 Å². The lowest BCUT2D eigenvalue weighted by Crippen LogP contribution is -1.91. The molecule has 1 heterocycles. The van der Waals surface area contributed by atoms with E-state index < -0.39 is 5.82 Å². The summed E-state index contributed by atoms with van der Waals surface area (Å²) in [5, 5.41) is 0.926. The lowest BCUT2D eigenvalue weighted by atomic mass is 10.2. The number of aromatic nitrogens is 1. The molecule has 0 bridgehead atoms. The Balaban J connectivity index is 2.95. The Kier molecular flexibility index (Phi) is 2.21. The molecule has 2 N–H and O–H groups in total. The molecule has 5 heteroatoms. The van der Waals surface area contributed by atoms with E-state index in [-0.39, 0.29) is 10.0 Å². The molecule has 0 unspecified atom stereocenters. The van der Waals surface area contributed by atoms with Crippen LogP contribution in [0.15, 0.2) is 18.3 Å². The van der Waals surface area contributed by atoms with Crippen molar-refractivity contribution >= 4 is 39.8 Å². The van der Waals surface area contributed by atoms with E-state index in [1.807, 2.05) is 0 Å². The average Bonchev–Trinajstić information content (AvgIpc) is 2.12. The van der Waals surface area contributed by atoms with Gasteiger partial charge in [-0.05, 0) is 12.1 Å². The summed E-state index contributed by atoms with van der Waals surface area (Å²) in [4.78, 5) is 3.97. The van der Waals surface area contributed by atoms with Crippen LogP contribution in [-0.2, 0) is 0 Å². The lowest BCUT2D eigenvalue weighted by molar-refractivity contribution is 0.629. The second kappa shape index (κ2) is 3.26. The van der Waals surface area contributed by atoms with Gasteiger partial charge in [0.15, 0.2) is 0 Å². The van der Waals surface area contributed by atoms with E-state index in [4.69, 9.17) is 28.9 Å². The Morgan fingerprint density at radius 1 is 1.29 bits per heavy atom. The molecule has 0 aliphatic heterocycles. The molecule has 0 saturated heterocycles. The van der Waals surface area contributed by atoms with Crippen LogP contribution in [0.4, 0.5) is 10.1 Å². The maximum Gasteiger partial charge on any atom is 0.125 e. The number of nitrogens with zero attached hydrogens (tertiary/aromatic N) is 1. The first-order valence-corrected chi connectivity index (χ1v) is 4.54. The van der Waals surface area contributed by atoms with Gasteiger partial charge in [-0.25, -0.2) is 4.39 Å². The maximum absolute atomic E-state index is 13.0. The minimum absolute atomic E-state index is 0.224. The number of halogens is 3. The van der Waals surface area contributed by atoms with Crippen LogP contribution in [0.3, 0.4) is 0 Å². The zero-order valence-corrected chi connectivity index (χ0v) is 8.40. The highest BCUT2D eigenvalue weighted by atomic mass is 35.5. The summed E-state index contributed by atoms with van der Waals surface area (Å²) in [5.41, 5.74) is 6.28. The first kappa shape index (κ1) is 9.49. The highest BCUT2D eigenvalue weighted by Gasteiger charge is 2.09. The monoisotopic (exact) mass is 230 g/mol. The van der Waals surface area contributed by atoms with E-state index in [0.717, 1.165) is 0 Å². The second-order valence-corrected chi connectivity index (χ2v) is 3.60. The quantitative estimate of drug-likeness (QED) is 0.755. The molecule has 1 aromatic carbocycles. The van der Waals surface area contributed by atoms with Gasteiger partial charge in [0, 0.05) is 5.39 Å². The van der Waals surface area contributed by atoms with Crippen molar-refractivity contribution in [3.8, 4) is 0 Å². The average molecular weight is 231 g/mol. The van der Waals surface area contributed by atoms with E-state index in [1.54, 1.807) is 0 Å². The van der Waals surface area contributed by atoms with Gasteiger partial charge in [0.2, 0.25) is 0 Å². The van der Waals surface area contributed by atoms with Crippen molar-refractivity contribution < 1.29 is 4.39 Å². The minimum atomic E-state index is -0.461. The standard InChI is InChI=1S/C9H5Cl2FN2/c10-6-2-4(12)1-5-8(11)7(13)3-14-9(5)6/h1-3H,13H2. The number of anilines is 1. The fraction of sp³-hybridized carbons (Fsp3) is 0. The first-order valence-electron chi connectivity index (χ1n) is 3.78. The van der Waals surface area contributed by atoms with Gasteiger partial charge in [-0.3, -0.25) is 4.98 Å². The molecule has 0 radical (unpaired) electrons. The predicted octanol–water partition coefficient (Wildman–Crippen LogP) is 3.26. The number of fused-ring (bicyclic) bond motifs is 1. The Labute approximate surface area is 89.4 Å². The fourth-order valence-electron chi connectivity index (χ4n) is 1.21. The van der Waals surface area contributed by atoms with Gasteiger partial charge in [-0.15, -0.1) is 0 Å². The molecule has 0 spiro atoms. The van der Waals surface area contributed by atoms with Crippen molar-refractivity contribution in [2.75, 3.05) is 5.73 Å². The number of hydrogen-bond acceptors (Lipinski definition) is 2. The van der Waals surface area contributed by atoms with Crippen LogP contribution in [-0.4, -0.2) is 4.98 Å². The molecule has 0 atom stereocenters. The SMILES string of the molecule is Nc1cnc2c(Cl)cc(F)cc2c1Cl. The van der Waals surface area contributed by atoms with Crippen LogP contribution in [0.25, 0.3) is 10.9 Å². The van der Waals surface area contributed by atoms with Crippen molar-refractivity contribution in [2.24, 2.45) is 0 Å². The van der Waals surface area contributed by atoms with Crippen molar-refractivity contribution in [2.45, 2.75) is 0 Å². The molecule has 0 saturated carbocycles. The number of nitrogen functional groups attached to an aromatic ring is 1. The van der Waals surface area contributed by atoms with Gasteiger partial charge < -0.3 is 5.73 Å². The third-order valence-electron chi connectivity index (χ3n) is 1.85. The molecule has 2 nitrogen and oxygen atoms in total. The van der Waals surface area contributed by atoms with E-state index in [2.05, 4.69) is 4.98 Å². The second-order valence-electron chi connectivity index (χ2n) is 2.81. The summed E-state index contributed by atoms with van der Waals surface area (Å²) in [6.45, 7) is 0. The number of benzene rings is 1. The summed E-state index contributed by atoms with van der Waals surface area (Å²) in [5.74, 6) is -0.461. The van der Waals surface area contributed by atoms with E-state index >= 15 is 0 Å². The van der Waals surface area contributed by atoms with Crippen molar-refractivity contribution in [3.63, 3.8) is 0 Å². The fourth-order valence-corrected chi connectivity index (χ4v) is 1.66. The molecule has 72 valence electrons. The van der Waals surface area contributed by atoms with Crippen molar-refractivity contribution in [3.05, 3.63) is 34.2 Å². The van der Waals surface area contributed by atoms with Crippen LogP contribution in [0.2, 0.25) is 10.0 Å². The summed E-state index contributed by atoms with van der Waals surface area (Å²) < 4.78 is 13.0. The highest BCUT2D eigenvalue weighted by molar-refractivity contribution is 6.40. The normalized spacial score (nSPS) is 10.8. The van der Waals surface area contributed by atoms with Gasteiger partial charge in [0.25, 0.3) is 0 Å². The number of hydrogen-bond donors (Lipinski definition) is 1. The maximum atomic E-state index is 13.0. The Morgan fingerprint density at radius 3 is 2.71 bits per heavy atom.